The highest BCUT2D eigenvalue weighted by molar-refractivity contribution is 5.92. The van der Waals surface area contributed by atoms with Crippen LogP contribution in [-0.4, -0.2) is 11.9 Å². The number of ether oxygens (including phenoxy) is 1. The van der Waals surface area contributed by atoms with Crippen LogP contribution in [0.1, 0.15) is 63.9 Å². The zero-order valence-electron chi connectivity index (χ0n) is 12.8. The Kier molecular flexibility index (Phi) is 5.54. The minimum atomic E-state index is -0.624. The average molecular weight is 288 g/mol. The zero-order chi connectivity index (χ0) is 15.1. The summed E-state index contributed by atoms with van der Waals surface area (Å²) in [5.74, 6) is -0.739. The lowest BCUT2D eigenvalue weighted by molar-refractivity contribution is -0.165. The largest absolute Gasteiger partial charge is 0.392 e. The van der Waals surface area contributed by atoms with Gasteiger partial charge in [-0.2, -0.15) is 0 Å². The van der Waals surface area contributed by atoms with Gasteiger partial charge in [-0.05, 0) is 24.8 Å². The normalized spacial score (nSPS) is 17.2. The molecule has 0 aliphatic heterocycles. The molecule has 1 aromatic carbocycles. The van der Waals surface area contributed by atoms with Crippen LogP contribution in [0.25, 0.3) is 0 Å². The highest BCUT2D eigenvalue weighted by Crippen LogP contribution is 2.40. The molecule has 0 heterocycles. The monoisotopic (exact) mass is 288 g/mol. The van der Waals surface area contributed by atoms with Crippen LogP contribution in [0.2, 0.25) is 0 Å². The van der Waals surface area contributed by atoms with Gasteiger partial charge in [-0.3, -0.25) is 9.59 Å². The molecule has 2 rings (SSSR count). The van der Waals surface area contributed by atoms with Crippen molar-refractivity contribution in [2.24, 2.45) is 0 Å². The van der Waals surface area contributed by atoms with Crippen molar-refractivity contribution in [3.63, 3.8) is 0 Å². The molecule has 1 fully saturated rings. The first-order chi connectivity index (χ1) is 10.2. The topological polar surface area (TPSA) is 43.4 Å². The fourth-order valence-corrected chi connectivity index (χ4v) is 3.10. The van der Waals surface area contributed by atoms with Gasteiger partial charge in [-0.15, -0.1) is 0 Å². The Morgan fingerprint density at radius 3 is 2.38 bits per heavy atom. The minimum absolute atomic E-state index is 0.326. The molecular formula is C18H24O3. The lowest BCUT2D eigenvalue weighted by Crippen LogP contribution is -2.40. The van der Waals surface area contributed by atoms with Crippen LogP contribution in [0, 0.1) is 0 Å². The van der Waals surface area contributed by atoms with E-state index < -0.39 is 5.41 Å². The van der Waals surface area contributed by atoms with Gasteiger partial charge in [0.1, 0.15) is 0 Å². The van der Waals surface area contributed by atoms with Crippen LogP contribution in [0.15, 0.2) is 30.3 Å². The van der Waals surface area contributed by atoms with Gasteiger partial charge < -0.3 is 4.74 Å². The zero-order valence-corrected chi connectivity index (χ0v) is 12.8. The SMILES string of the molecule is CCCCC(=O)OC(=O)C1(c2ccccc2)CCCCC1. The maximum Gasteiger partial charge on any atom is 0.324 e. The van der Waals surface area contributed by atoms with Crippen LogP contribution in [0.5, 0.6) is 0 Å². The molecule has 1 aliphatic carbocycles. The fraction of sp³-hybridized carbons (Fsp3) is 0.556. The molecular weight excluding hydrogens is 264 g/mol. The summed E-state index contributed by atoms with van der Waals surface area (Å²) in [5, 5.41) is 0. The molecule has 1 aromatic rings. The van der Waals surface area contributed by atoms with Gasteiger partial charge in [0.05, 0.1) is 5.41 Å². The molecule has 0 aromatic heterocycles. The number of benzene rings is 1. The molecule has 1 saturated carbocycles. The molecule has 0 radical (unpaired) electrons. The van der Waals surface area contributed by atoms with Gasteiger partial charge in [0.2, 0.25) is 0 Å². The van der Waals surface area contributed by atoms with Gasteiger partial charge >= 0.3 is 11.9 Å². The highest BCUT2D eigenvalue weighted by Gasteiger charge is 2.43. The summed E-state index contributed by atoms with van der Waals surface area (Å²) in [7, 11) is 0. The highest BCUT2D eigenvalue weighted by atomic mass is 16.6. The Balaban J connectivity index is 2.16. The Morgan fingerprint density at radius 2 is 1.76 bits per heavy atom. The number of rotatable bonds is 5. The molecule has 0 N–H and O–H groups in total. The van der Waals surface area contributed by atoms with Crippen molar-refractivity contribution >= 4 is 11.9 Å². The summed E-state index contributed by atoms with van der Waals surface area (Å²) in [6.07, 6.45) is 6.73. The molecule has 0 saturated heterocycles. The van der Waals surface area contributed by atoms with Crippen molar-refractivity contribution in [2.45, 2.75) is 63.7 Å². The number of unbranched alkanes of at least 4 members (excludes halogenated alkanes) is 1. The Hall–Kier alpha value is -1.64. The third kappa shape index (κ3) is 3.72. The third-order valence-electron chi connectivity index (χ3n) is 4.37. The van der Waals surface area contributed by atoms with Crippen molar-refractivity contribution < 1.29 is 14.3 Å². The van der Waals surface area contributed by atoms with E-state index in [0.29, 0.717) is 6.42 Å². The molecule has 3 heteroatoms. The second-order valence-electron chi connectivity index (χ2n) is 5.87. The molecule has 0 unspecified atom stereocenters. The number of carbonyl (C=O) groups excluding carboxylic acids is 2. The second-order valence-corrected chi connectivity index (χ2v) is 5.87. The van der Waals surface area contributed by atoms with Gasteiger partial charge in [-0.1, -0.05) is 62.9 Å². The summed E-state index contributed by atoms with van der Waals surface area (Å²) < 4.78 is 5.17. The number of hydrogen-bond donors (Lipinski definition) is 0. The van der Waals surface area contributed by atoms with Crippen molar-refractivity contribution in [1.82, 2.24) is 0 Å². The van der Waals surface area contributed by atoms with E-state index in [9.17, 15) is 9.59 Å². The maximum absolute atomic E-state index is 12.7. The predicted octanol–water partition coefficient (Wildman–Crippen LogP) is 4.15. The van der Waals surface area contributed by atoms with E-state index in [2.05, 4.69) is 0 Å². The Labute approximate surface area is 126 Å². The smallest absolute Gasteiger partial charge is 0.324 e. The van der Waals surface area contributed by atoms with Gasteiger partial charge in [0.15, 0.2) is 0 Å². The fourth-order valence-electron chi connectivity index (χ4n) is 3.10. The van der Waals surface area contributed by atoms with Crippen LogP contribution in [0.3, 0.4) is 0 Å². The molecule has 0 amide bonds. The van der Waals surface area contributed by atoms with Gasteiger partial charge in [0, 0.05) is 6.42 Å². The molecule has 1 aliphatic rings. The number of hydrogen-bond acceptors (Lipinski definition) is 3. The van der Waals surface area contributed by atoms with Crippen LogP contribution < -0.4 is 0 Å². The summed E-state index contributed by atoms with van der Waals surface area (Å²) in [6, 6.07) is 9.78. The van der Waals surface area contributed by atoms with Crippen molar-refractivity contribution in [1.29, 1.82) is 0 Å². The van der Waals surface area contributed by atoms with Crippen LogP contribution in [-0.2, 0) is 19.7 Å². The van der Waals surface area contributed by atoms with E-state index in [1.807, 2.05) is 37.3 Å². The van der Waals surface area contributed by atoms with Crippen LogP contribution in [0.4, 0.5) is 0 Å². The quantitative estimate of drug-likeness (QED) is 0.604. The lowest BCUT2D eigenvalue weighted by atomic mass is 9.69. The molecule has 3 nitrogen and oxygen atoms in total. The molecule has 21 heavy (non-hydrogen) atoms. The summed E-state index contributed by atoms with van der Waals surface area (Å²) in [6.45, 7) is 2.02. The van der Waals surface area contributed by atoms with E-state index in [4.69, 9.17) is 4.74 Å². The van der Waals surface area contributed by atoms with E-state index in [0.717, 1.165) is 50.5 Å². The average Bonchev–Trinajstić information content (AvgIpc) is 2.54. The first kappa shape index (κ1) is 15.7. The lowest BCUT2D eigenvalue weighted by Gasteiger charge is -2.35. The van der Waals surface area contributed by atoms with Crippen molar-refractivity contribution in [2.75, 3.05) is 0 Å². The second kappa shape index (κ2) is 7.39. The Morgan fingerprint density at radius 1 is 1.10 bits per heavy atom. The van der Waals surface area contributed by atoms with E-state index in [1.54, 1.807) is 0 Å². The summed E-state index contributed by atoms with van der Waals surface area (Å²) in [5.41, 5.74) is 0.361. The standard InChI is InChI=1S/C18H24O3/c1-2-3-12-16(19)21-17(20)18(13-8-5-9-14-18)15-10-6-4-7-11-15/h4,6-7,10-11H,2-3,5,8-9,12-14H2,1H3. The Bertz CT molecular complexity index is 472. The maximum atomic E-state index is 12.7. The van der Waals surface area contributed by atoms with Crippen molar-refractivity contribution in [3.05, 3.63) is 35.9 Å². The first-order valence-electron chi connectivity index (χ1n) is 7.99. The summed E-state index contributed by atoms with van der Waals surface area (Å²) in [4.78, 5) is 24.4. The molecule has 0 spiro atoms. The first-order valence-corrected chi connectivity index (χ1v) is 7.99. The number of carbonyl (C=O) groups is 2. The van der Waals surface area contributed by atoms with E-state index in [1.165, 1.54) is 0 Å². The summed E-state index contributed by atoms with van der Waals surface area (Å²) >= 11 is 0. The minimum Gasteiger partial charge on any atom is -0.392 e. The van der Waals surface area contributed by atoms with Gasteiger partial charge in [0.25, 0.3) is 0 Å². The van der Waals surface area contributed by atoms with Crippen LogP contribution >= 0.6 is 0 Å². The third-order valence-corrected chi connectivity index (χ3v) is 4.37. The molecule has 0 atom stereocenters. The van der Waals surface area contributed by atoms with Crippen molar-refractivity contribution in [3.8, 4) is 0 Å². The molecule has 114 valence electrons. The van der Waals surface area contributed by atoms with Gasteiger partial charge in [-0.25, -0.2) is 0 Å². The molecule has 0 bridgehead atoms. The predicted molar refractivity (Wildman–Crippen MR) is 81.8 cm³/mol. The number of esters is 2. The van der Waals surface area contributed by atoms with E-state index >= 15 is 0 Å². The van der Waals surface area contributed by atoms with E-state index in [-0.39, 0.29) is 11.9 Å².